The summed E-state index contributed by atoms with van der Waals surface area (Å²) in [7, 11) is 0. The first-order valence-electron chi connectivity index (χ1n) is 7.62. The molecule has 126 valence electrons. The number of carbonyl (C=O) groups excluding carboxylic acids is 2. The lowest BCUT2D eigenvalue weighted by Crippen LogP contribution is -2.57. The smallest absolute Gasteiger partial charge is 0.243 e. The van der Waals surface area contributed by atoms with Gasteiger partial charge in [0.1, 0.15) is 18.7 Å². The molecule has 1 aromatic carbocycles. The Hall–Kier alpha value is -2.35. The Balaban J connectivity index is 1.54. The van der Waals surface area contributed by atoms with E-state index < -0.39 is 10.8 Å². The number of aromatic nitrogens is 3. The molecule has 1 atom stereocenters. The number of hydrogen-bond donors (Lipinski definition) is 2. The van der Waals surface area contributed by atoms with E-state index in [0.717, 1.165) is 11.3 Å². The normalized spacial score (nSPS) is 19.6. The van der Waals surface area contributed by atoms with Crippen LogP contribution < -0.4 is 10.6 Å². The van der Waals surface area contributed by atoms with E-state index in [4.69, 9.17) is 0 Å². The van der Waals surface area contributed by atoms with Crippen molar-refractivity contribution in [1.29, 1.82) is 0 Å². The van der Waals surface area contributed by atoms with Gasteiger partial charge in [0.2, 0.25) is 11.8 Å². The zero-order valence-corrected chi connectivity index (χ0v) is 14.3. The highest BCUT2D eigenvalue weighted by Gasteiger charge is 2.37. The number of amides is 2. The van der Waals surface area contributed by atoms with Crippen molar-refractivity contribution in [3.05, 3.63) is 42.5 Å². The van der Waals surface area contributed by atoms with Gasteiger partial charge in [-0.1, -0.05) is 12.1 Å². The second-order valence-electron chi connectivity index (χ2n) is 6.07. The summed E-state index contributed by atoms with van der Waals surface area (Å²) in [6, 6.07) is 7.20. The maximum Gasteiger partial charge on any atom is 0.243 e. The molecule has 2 heterocycles. The van der Waals surface area contributed by atoms with Gasteiger partial charge in [0, 0.05) is 12.3 Å². The molecule has 2 amide bonds. The predicted octanol–water partition coefficient (Wildman–Crippen LogP) is 0.894. The maximum absolute atomic E-state index is 12.2. The van der Waals surface area contributed by atoms with Gasteiger partial charge in [-0.2, -0.15) is 5.10 Å². The van der Waals surface area contributed by atoms with Gasteiger partial charge in [-0.05, 0) is 31.5 Å². The topological polar surface area (TPSA) is 88.9 Å². The number of nitrogens with zero attached hydrogens (tertiary/aromatic N) is 3. The van der Waals surface area contributed by atoms with Gasteiger partial charge in [0.25, 0.3) is 0 Å². The minimum absolute atomic E-state index is 0.101. The summed E-state index contributed by atoms with van der Waals surface area (Å²) in [6.45, 7) is 4.13. The minimum Gasteiger partial charge on any atom is -0.350 e. The highest BCUT2D eigenvalue weighted by atomic mass is 32.2. The van der Waals surface area contributed by atoms with Crippen LogP contribution in [-0.2, 0) is 16.1 Å². The minimum atomic E-state index is -0.482. The van der Waals surface area contributed by atoms with Crippen LogP contribution in [-0.4, -0.2) is 43.1 Å². The number of benzene rings is 1. The first-order chi connectivity index (χ1) is 11.5. The average molecular weight is 345 g/mol. The van der Waals surface area contributed by atoms with Crippen LogP contribution in [0.1, 0.15) is 19.4 Å². The van der Waals surface area contributed by atoms with E-state index >= 15 is 0 Å². The second-order valence-corrected chi connectivity index (χ2v) is 7.71. The molecule has 2 N–H and O–H groups in total. The lowest BCUT2D eigenvalue weighted by molar-refractivity contribution is -0.129. The molecular weight excluding hydrogens is 326 g/mol. The zero-order chi connectivity index (χ0) is 17.2. The summed E-state index contributed by atoms with van der Waals surface area (Å²) in [6.07, 6.45) is 3.10. The zero-order valence-electron chi connectivity index (χ0n) is 13.5. The molecule has 7 nitrogen and oxygen atoms in total. The Morgan fingerprint density at radius 1 is 1.42 bits per heavy atom. The van der Waals surface area contributed by atoms with Crippen molar-refractivity contribution in [3.8, 4) is 5.69 Å². The third kappa shape index (κ3) is 3.59. The number of rotatable bonds is 4. The number of nitrogens with one attached hydrogen (secondary N) is 2. The Kier molecular flexibility index (Phi) is 4.57. The largest absolute Gasteiger partial charge is 0.350 e. The van der Waals surface area contributed by atoms with E-state index in [-0.39, 0.29) is 11.8 Å². The third-order valence-corrected chi connectivity index (χ3v) is 5.27. The first-order valence-corrected chi connectivity index (χ1v) is 8.61. The van der Waals surface area contributed by atoms with Crippen LogP contribution in [0.15, 0.2) is 36.9 Å². The fourth-order valence-corrected chi connectivity index (χ4v) is 3.30. The number of carbonyl (C=O) groups is 2. The van der Waals surface area contributed by atoms with E-state index in [2.05, 4.69) is 20.7 Å². The molecule has 1 saturated heterocycles. The summed E-state index contributed by atoms with van der Waals surface area (Å²) < 4.78 is 1.19. The van der Waals surface area contributed by atoms with E-state index in [1.54, 1.807) is 11.0 Å². The van der Waals surface area contributed by atoms with Crippen LogP contribution in [0.25, 0.3) is 5.69 Å². The van der Waals surface area contributed by atoms with Crippen molar-refractivity contribution < 1.29 is 9.59 Å². The third-order valence-electron chi connectivity index (χ3n) is 3.87. The molecule has 0 bridgehead atoms. The van der Waals surface area contributed by atoms with Crippen molar-refractivity contribution in [2.24, 2.45) is 0 Å². The standard InChI is InChI=1S/C16H19N5O2S/c1-16(2)15(23)20-13(8-24-16)14(22)18-7-11-3-5-12(6-4-11)21-10-17-9-19-21/h3-6,9-10,13H,7-8H2,1-2H3,(H,18,22)(H,20,23)/t13-/m1/s1. The molecule has 0 spiro atoms. The lowest BCUT2D eigenvalue weighted by atomic mass is 10.1. The summed E-state index contributed by atoms with van der Waals surface area (Å²) in [5.41, 5.74) is 1.88. The Morgan fingerprint density at radius 3 is 2.79 bits per heavy atom. The van der Waals surface area contributed by atoms with Crippen LogP contribution in [0.2, 0.25) is 0 Å². The van der Waals surface area contributed by atoms with Crippen LogP contribution in [0, 0.1) is 0 Å². The van der Waals surface area contributed by atoms with Gasteiger partial charge in [-0.3, -0.25) is 9.59 Å². The Morgan fingerprint density at radius 2 is 2.17 bits per heavy atom. The summed E-state index contributed by atoms with van der Waals surface area (Å²) in [5, 5.41) is 9.71. The second kappa shape index (κ2) is 6.64. The molecule has 2 aromatic rings. The Bertz CT molecular complexity index is 727. The SMILES string of the molecule is CC1(C)SC[C@H](C(=O)NCc2ccc(-n3cncn3)cc2)NC1=O. The highest BCUT2D eigenvalue weighted by Crippen LogP contribution is 2.28. The Labute approximate surface area is 144 Å². The molecule has 8 heteroatoms. The molecular formula is C16H19N5O2S. The van der Waals surface area contributed by atoms with Crippen LogP contribution in [0.4, 0.5) is 0 Å². The fraction of sp³-hybridized carbons (Fsp3) is 0.375. The summed E-state index contributed by atoms with van der Waals surface area (Å²) in [5.74, 6) is 0.318. The van der Waals surface area contributed by atoms with Crippen molar-refractivity contribution in [2.45, 2.75) is 31.2 Å². The summed E-state index contributed by atoms with van der Waals surface area (Å²) in [4.78, 5) is 28.1. The van der Waals surface area contributed by atoms with Gasteiger partial charge >= 0.3 is 0 Å². The van der Waals surface area contributed by atoms with E-state index in [0.29, 0.717) is 12.3 Å². The van der Waals surface area contributed by atoms with Gasteiger partial charge in [-0.15, -0.1) is 11.8 Å². The molecule has 0 saturated carbocycles. The predicted molar refractivity (Wildman–Crippen MR) is 91.7 cm³/mol. The van der Waals surface area contributed by atoms with Gasteiger partial charge in [0.05, 0.1) is 10.4 Å². The molecule has 0 radical (unpaired) electrons. The van der Waals surface area contributed by atoms with Crippen LogP contribution in [0.5, 0.6) is 0 Å². The molecule has 1 aliphatic rings. The van der Waals surface area contributed by atoms with Crippen molar-refractivity contribution in [1.82, 2.24) is 25.4 Å². The van der Waals surface area contributed by atoms with Gasteiger partial charge in [0.15, 0.2) is 0 Å². The van der Waals surface area contributed by atoms with Crippen LogP contribution >= 0.6 is 11.8 Å². The molecule has 1 aromatic heterocycles. The summed E-state index contributed by atoms with van der Waals surface area (Å²) >= 11 is 1.50. The molecule has 3 rings (SSSR count). The number of hydrogen-bond acceptors (Lipinski definition) is 5. The van der Waals surface area contributed by atoms with Crippen LogP contribution in [0.3, 0.4) is 0 Å². The molecule has 1 aliphatic heterocycles. The van der Waals surface area contributed by atoms with Crippen molar-refractivity contribution in [2.75, 3.05) is 5.75 Å². The van der Waals surface area contributed by atoms with Gasteiger partial charge in [-0.25, -0.2) is 9.67 Å². The highest BCUT2D eigenvalue weighted by molar-refractivity contribution is 8.01. The quantitative estimate of drug-likeness (QED) is 0.859. The molecule has 24 heavy (non-hydrogen) atoms. The molecule has 1 fully saturated rings. The number of thioether (sulfide) groups is 1. The lowest BCUT2D eigenvalue weighted by Gasteiger charge is -2.32. The maximum atomic E-state index is 12.2. The van der Waals surface area contributed by atoms with E-state index in [1.807, 2.05) is 38.1 Å². The van der Waals surface area contributed by atoms with Gasteiger partial charge < -0.3 is 10.6 Å². The molecule has 0 unspecified atom stereocenters. The fourth-order valence-electron chi connectivity index (χ4n) is 2.29. The average Bonchev–Trinajstić information content (AvgIpc) is 3.10. The van der Waals surface area contributed by atoms with Crippen molar-refractivity contribution in [3.63, 3.8) is 0 Å². The monoisotopic (exact) mass is 345 g/mol. The van der Waals surface area contributed by atoms with E-state index in [1.165, 1.54) is 18.1 Å². The molecule has 0 aliphatic carbocycles. The van der Waals surface area contributed by atoms with E-state index in [9.17, 15) is 9.59 Å². The first kappa shape index (κ1) is 16.5. The van der Waals surface area contributed by atoms with Crippen molar-refractivity contribution >= 4 is 23.6 Å².